The van der Waals surface area contributed by atoms with E-state index in [2.05, 4.69) is 30.8 Å². The highest BCUT2D eigenvalue weighted by Crippen LogP contribution is 2.29. The number of anilines is 1. The van der Waals surface area contributed by atoms with E-state index in [1.807, 2.05) is 24.8 Å². The van der Waals surface area contributed by atoms with Crippen molar-refractivity contribution in [1.82, 2.24) is 25.5 Å². The van der Waals surface area contributed by atoms with Gasteiger partial charge >= 0.3 is 0 Å². The lowest BCUT2D eigenvalue weighted by Gasteiger charge is -2.31. The van der Waals surface area contributed by atoms with Gasteiger partial charge in [0.15, 0.2) is 0 Å². The minimum Gasteiger partial charge on any atom is -0.495 e. The lowest BCUT2D eigenvalue weighted by molar-refractivity contribution is -0.120. The number of tetrazole rings is 1. The second-order valence-electron chi connectivity index (χ2n) is 5.46. The number of amides is 1. The third-order valence-electron chi connectivity index (χ3n) is 4.04. The lowest BCUT2D eigenvalue weighted by Crippen LogP contribution is -2.46. The van der Waals surface area contributed by atoms with Crippen molar-refractivity contribution >= 4 is 23.4 Å². The Kier molecular flexibility index (Phi) is 5.31. The minimum atomic E-state index is -0.174. The van der Waals surface area contributed by atoms with Crippen LogP contribution in [-0.4, -0.2) is 69.2 Å². The molecule has 128 valence electrons. The zero-order valence-corrected chi connectivity index (χ0v) is 14.5. The SMILES string of the molecule is COc1cc(-c2nn[nH]n2)ccc1NC(=O)C(C)N1CCSCC1. The van der Waals surface area contributed by atoms with Gasteiger partial charge in [0.2, 0.25) is 11.7 Å². The highest BCUT2D eigenvalue weighted by atomic mass is 32.2. The average Bonchev–Trinajstić information content (AvgIpc) is 3.16. The van der Waals surface area contributed by atoms with Gasteiger partial charge in [-0.3, -0.25) is 9.69 Å². The molecule has 0 spiro atoms. The zero-order chi connectivity index (χ0) is 16.9. The molecule has 1 saturated heterocycles. The van der Waals surface area contributed by atoms with Crippen molar-refractivity contribution in [2.45, 2.75) is 13.0 Å². The molecule has 9 heteroatoms. The number of rotatable bonds is 5. The number of benzene rings is 1. The largest absolute Gasteiger partial charge is 0.495 e. The maximum Gasteiger partial charge on any atom is 0.241 e. The van der Waals surface area contributed by atoms with Crippen molar-refractivity contribution in [2.75, 3.05) is 37.0 Å². The summed E-state index contributed by atoms with van der Waals surface area (Å²) < 4.78 is 5.39. The van der Waals surface area contributed by atoms with E-state index in [-0.39, 0.29) is 11.9 Å². The maximum atomic E-state index is 12.5. The molecule has 3 rings (SSSR count). The molecule has 0 saturated carbocycles. The fourth-order valence-corrected chi connectivity index (χ4v) is 3.52. The first-order valence-electron chi connectivity index (χ1n) is 7.73. The fourth-order valence-electron chi connectivity index (χ4n) is 2.59. The minimum absolute atomic E-state index is 0.0347. The number of aromatic nitrogens is 4. The summed E-state index contributed by atoms with van der Waals surface area (Å²) in [7, 11) is 1.57. The van der Waals surface area contributed by atoms with E-state index in [1.165, 1.54) is 0 Å². The average molecular weight is 348 g/mol. The van der Waals surface area contributed by atoms with E-state index in [9.17, 15) is 4.79 Å². The van der Waals surface area contributed by atoms with Gasteiger partial charge in [-0.05, 0) is 30.3 Å². The van der Waals surface area contributed by atoms with Crippen molar-refractivity contribution < 1.29 is 9.53 Å². The second-order valence-corrected chi connectivity index (χ2v) is 6.69. The number of H-pyrrole nitrogens is 1. The summed E-state index contributed by atoms with van der Waals surface area (Å²) in [6, 6.07) is 5.22. The summed E-state index contributed by atoms with van der Waals surface area (Å²) >= 11 is 1.93. The van der Waals surface area contributed by atoms with Crippen molar-refractivity contribution in [3.05, 3.63) is 18.2 Å². The van der Waals surface area contributed by atoms with Gasteiger partial charge in [-0.15, -0.1) is 10.2 Å². The molecule has 1 amide bonds. The number of methoxy groups -OCH3 is 1. The van der Waals surface area contributed by atoms with Gasteiger partial charge in [0.25, 0.3) is 0 Å². The number of thioether (sulfide) groups is 1. The second kappa shape index (κ2) is 7.63. The molecule has 1 aromatic carbocycles. The third kappa shape index (κ3) is 3.68. The molecule has 1 atom stereocenters. The number of hydrogen-bond donors (Lipinski definition) is 2. The van der Waals surface area contributed by atoms with Gasteiger partial charge in [-0.25, -0.2) is 0 Å². The Bertz CT molecular complexity index is 687. The van der Waals surface area contributed by atoms with E-state index in [0.29, 0.717) is 17.3 Å². The summed E-state index contributed by atoms with van der Waals surface area (Å²) in [6.07, 6.45) is 0. The fraction of sp³-hybridized carbons (Fsp3) is 0.467. The molecule has 0 bridgehead atoms. The van der Waals surface area contributed by atoms with E-state index in [1.54, 1.807) is 19.2 Å². The van der Waals surface area contributed by atoms with Gasteiger partial charge in [0, 0.05) is 30.2 Å². The summed E-state index contributed by atoms with van der Waals surface area (Å²) in [5.74, 6) is 3.14. The van der Waals surface area contributed by atoms with Crippen LogP contribution in [0.5, 0.6) is 5.75 Å². The number of carbonyl (C=O) groups is 1. The molecule has 2 heterocycles. The number of carbonyl (C=O) groups excluding carboxylic acids is 1. The summed E-state index contributed by atoms with van der Waals surface area (Å²) in [5.41, 5.74) is 1.40. The normalized spacial score (nSPS) is 16.6. The van der Waals surface area contributed by atoms with Crippen LogP contribution in [0.3, 0.4) is 0 Å². The van der Waals surface area contributed by atoms with Crippen molar-refractivity contribution in [3.8, 4) is 17.1 Å². The Balaban J connectivity index is 1.73. The molecule has 2 N–H and O–H groups in total. The molecule has 1 fully saturated rings. The van der Waals surface area contributed by atoms with Gasteiger partial charge in [0.05, 0.1) is 18.8 Å². The number of nitrogens with one attached hydrogen (secondary N) is 2. The van der Waals surface area contributed by atoms with Crippen molar-refractivity contribution in [3.63, 3.8) is 0 Å². The monoisotopic (exact) mass is 348 g/mol. The Morgan fingerprint density at radius 2 is 2.21 bits per heavy atom. The van der Waals surface area contributed by atoms with Crippen molar-refractivity contribution in [2.24, 2.45) is 0 Å². The first-order valence-corrected chi connectivity index (χ1v) is 8.89. The molecule has 1 unspecified atom stereocenters. The molecule has 1 aromatic heterocycles. The summed E-state index contributed by atoms with van der Waals surface area (Å²) in [6.45, 7) is 3.81. The molecule has 24 heavy (non-hydrogen) atoms. The Morgan fingerprint density at radius 3 is 2.88 bits per heavy atom. The Labute approximate surface area is 144 Å². The molecule has 0 aliphatic carbocycles. The van der Waals surface area contributed by atoms with Gasteiger partial charge in [-0.2, -0.15) is 17.0 Å². The van der Waals surface area contributed by atoms with Crippen LogP contribution in [-0.2, 0) is 4.79 Å². The molecule has 0 radical (unpaired) electrons. The molecule has 1 aliphatic heterocycles. The third-order valence-corrected chi connectivity index (χ3v) is 4.98. The molecule has 1 aliphatic rings. The van der Waals surface area contributed by atoms with E-state index < -0.39 is 0 Å². The number of aromatic amines is 1. The molecule has 8 nitrogen and oxygen atoms in total. The van der Waals surface area contributed by atoms with Crippen LogP contribution in [0.25, 0.3) is 11.4 Å². The quantitative estimate of drug-likeness (QED) is 0.839. The number of nitrogens with zero attached hydrogens (tertiary/aromatic N) is 4. The summed E-state index contributed by atoms with van der Waals surface area (Å²) in [4.78, 5) is 14.7. The topological polar surface area (TPSA) is 96.0 Å². The predicted octanol–water partition coefficient (Wildman–Crippen LogP) is 1.25. The first-order chi connectivity index (χ1) is 11.7. The molecular weight excluding hydrogens is 328 g/mol. The Hall–Kier alpha value is -2.13. The van der Waals surface area contributed by atoms with Crippen LogP contribution < -0.4 is 10.1 Å². The van der Waals surface area contributed by atoms with Crippen LogP contribution in [0.15, 0.2) is 18.2 Å². The van der Waals surface area contributed by atoms with Gasteiger partial charge in [-0.1, -0.05) is 0 Å². The van der Waals surface area contributed by atoms with Crippen LogP contribution >= 0.6 is 11.8 Å². The predicted molar refractivity (Wildman–Crippen MR) is 93.2 cm³/mol. The smallest absolute Gasteiger partial charge is 0.241 e. The van der Waals surface area contributed by atoms with E-state index in [4.69, 9.17) is 4.74 Å². The standard InChI is InChI=1S/C15H20N6O2S/c1-10(21-5-7-24-8-6-21)15(22)16-12-4-3-11(9-13(12)23-2)14-17-19-20-18-14/h3-4,9-10H,5-8H2,1-2H3,(H,16,22)(H,17,18,19,20). The zero-order valence-electron chi connectivity index (χ0n) is 13.7. The van der Waals surface area contributed by atoms with Crippen LogP contribution in [0.1, 0.15) is 6.92 Å². The lowest BCUT2D eigenvalue weighted by atomic mass is 10.1. The van der Waals surface area contributed by atoms with E-state index >= 15 is 0 Å². The maximum absolute atomic E-state index is 12.5. The van der Waals surface area contributed by atoms with E-state index in [0.717, 1.165) is 30.2 Å². The summed E-state index contributed by atoms with van der Waals surface area (Å²) in [5, 5.41) is 16.8. The molecule has 2 aromatic rings. The van der Waals surface area contributed by atoms with Crippen LogP contribution in [0.4, 0.5) is 5.69 Å². The first kappa shape index (κ1) is 16.7. The van der Waals surface area contributed by atoms with Crippen LogP contribution in [0.2, 0.25) is 0 Å². The van der Waals surface area contributed by atoms with Gasteiger partial charge in [0.1, 0.15) is 5.75 Å². The highest BCUT2D eigenvalue weighted by molar-refractivity contribution is 7.99. The highest BCUT2D eigenvalue weighted by Gasteiger charge is 2.23. The van der Waals surface area contributed by atoms with Crippen LogP contribution in [0, 0.1) is 0 Å². The Morgan fingerprint density at radius 1 is 1.42 bits per heavy atom. The van der Waals surface area contributed by atoms with Gasteiger partial charge < -0.3 is 10.1 Å². The number of ether oxygens (including phenoxy) is 1. The van der Waals surface area contributed by atoms with Crippen molar-refractivity contribution in [1.29, 1.82) is 0 Å². The molecular formula is C15H20N6O2S. The number of hydrogen-bond acceptors (Lipinski definition) is 7.